The van der Waals surface area contributed by atoms with Crippen LogP contribution in [0, 0.1) is 11.3 Å². The summed E-state index contributed by atoms with van der Waals surface area (Å²) in [5.41, 5.74) is 6.74. The fourth-order valence-electron chi connectivity index (χ4n) is 1.80. The number of aromatic nitrogens is 1. The molecule has 0 spiro atoms. The average molecular weight is 250 g/mol. The van der Waals surface area contributed by atoms with Crippen molar-refractivity contribution in [2.45, 2.75) is 18.9 Å². The summed E-state index contributed by atoms with van der Waals surface area (Å²) >= 11 is 0. The molecule has 0 bridgehead atoms. The molecule has 1 aliphatic rings. The summed E-state index contributed by atoms with van der Waals surface area (Å²) in [5, 5.41) is 11.9. The second kappa shape index (κ2) is 5.15. The molecule has 0 amide bonds. The third-order valence-corrected chi connectivity index (χ3v) is 4.16. The van der Waals surface area contributed by atoms with Crippen LogP contribution in [-0.2, 0) is 10.8 Å². The van der Waals surface area contributed by atoms with Crippen molar-refractivity contribution in [1.82, 2.24) is 4.98 Å². The smallest absolute Gasteiger partial charge is 0.149 e. The molecule has 0 radical (unpaired) electrons. The molecule has 2 rings (SSSR count). The lowest BCUT2D eigenvalue weighted by Crippen LogP contribution is -2.30. The summed E-state index contributed by atoms with van der Waals surface area (Å²) in [5.74, 6) is 2.07. The Morgan fingerprint density at radius 3 is 2.82 bits per heavy atom. The molecule has 1 aliphatic heterocycles. The van der Waals surface area contributed by atoms with Gasteiger partial charge in [-0.05, 0) is 18.9 Å². The van der Waals surface area contributed by atoms with Crippen molar-refractivity contribution in [3.05, 3.63) is 17.8 Å². The van der Waals surface area contributed by atoms with Gasteiger partial charge in [0.1, 0.15) is 11.9 Å². The van der Waals surface area contributed by atoms with Crippen molar-refractivity contribution >= 4 is 22.3 Å². The van der Waals surface area contributed by atoms with Crippen molar-refractivity contribution in [3.63, 3.8) is 0 Å². The van der Waals surface area contributed by atoms with E-state index in [9.17, 15) is 4.21 Å². The molecular weight excluding hydrogens is 236 g/mol. The monoisotopic (exact) mass is 250 g/mol. The first kappa shape index (κ1) is 11.9. The first-order chi connectivity index (χ1) is 8.19. The molecule has 1 aromatic heterocycles. The minimum absolute atomic E-state index is 0.274. The maximum Gasteiger partial charge on any atom is 0.149 e. The van der Waals surface area contributed by atoms with Gasteiger partial charge in [-0.15, -0.1) is 0 Å². The Morgan fingerprint density at radius 2 is 2.24 bits per heavy atom. The molecule has 0 unspecified atom stereocenters. The highest BCUT2D eigenvalue weighted by molar-refractivity contribution is 7.85. The number of anilines is 2. The lowest BCUT2D eigenvalue weighted by molar-refractivity contribution is 0.623. The van der Waals surface area contributed by atoms with Gasteiger partial charge < -0.3 is 11.1 Å². The van der Waals surface area contributed by atoms with Gasteiger partial charge in [0.05, 0.1) is 11.3 Å². The predicted octanol–water partition coefficient (Wildman–Crippen LogP) is 0.858. The molecule has 5 nitrogen and oxygen atoms in total. The van der Waals surface area contributed by atoms with Gasteiger partial charge in [-0.3, -0.25) is 4.21 Å². The number of nitriles is 1. The Labute approximate surface area is 102 Å². The van der Waals surface area contributed by atoms with E-state index in [4.69, 9.17) is 11.0 Å². The third kappa shape index (κ3) is 2.94. The second-order valence-electron chi connectivity index (χ2n) is 4.04. The Hall–Kier alpha value is -1.61. The SMILES string of the molecule is N#Cc1cnc(NC2CCS(=O)CC2)c(N)c1. The first-order valence-corrected chi connectivity index (χ1v) is 6.95. The third-order valence-electron chi connectivity index (χ3n) is 2.78. The number of rotatable bonds is 2. The molecule has 2 heterocycles. The van der Waals surface area contributed by atoms with Gasteiger partial charge in [0.2, 0.25) is 0 Å². The minimum Gasteiger partial charge on any atom is -0.396 e. The van der Waals surface area contributed by atoms with E-state index in [0.717, 1.165) is 24.3 Å². The van der Waals surface area contributed by atoms with Crippen LogP contribution in [-0.4, -0.2) is 26.7 Å². The molecule has 17 heavy (non-hydrogen) atoms. The van der Waals surface area contributed by atoms with E-state index < -0.39 is 10.8 Å². The van der Waals surface area contributed by atoms with Crippen LogP contribution in [0.1, 0.15) is 18.4 Å². The molecule has 0 aliphatic carbocycles. The van der Waals surface area contributed by atoms with Gasteiger partial charge in [0.15, 0.2) is 0 Å². The van der Waals surface area contributed by atoms with Crippen LogP contribution >= 0.6 is 0 Å². The molecule has 6 heteroatoms. The first-order valence-electron chi connectivity index (χ1n) is 5.46. The van der Waals surface area contributed by atoms with Crippen molar-refractivity contribution in [2.24, 2.45) is 0 Å². The summed E-state index contributed by atoms with van der Waals surface area (Å²) in [6.07, 6.45) is 3.24. The Kier molecular flexibility index (Phi) is 3.59. The highest BCUT2D eigenvalue weighted by Crippen LogP contribution is 2.20. The van der Waals surface area contributed by atoms with Crippen LogP contribution in [0.2, 0.25) is 0 Å². The molecule has 90 valence electrons. The van der Waals surface area contributed by atoms with Crippen LogP contribution in [0.4, 0.5) is 11.5 Å². The van der Waals surface area contributed by atoms with Crippen LogP contribution < -0.4 is 11.1 Å². The quantitative estimate of drug-likeness (QED) is 0.812. The normalized spacial score (nSPS) is 23.9. The van der Waals surface area contributed by atoms with E-state index in [2.05, 4.69) is 10.3 Å². The van der Waals surface area contributed by atoms with Crippen molar-refractivity contribution in [2.75, 3.05) is 22.6 Å². The molecule has 0 atom stereocenters. The molecule has 1 aromatic rings. The number of nitrogens with zero attached hydrogens (tertiary/aromatic N) is 2. The van der Waals surface area contributed by atoms with Crippen LogP contribution in [0.3, 0.4) is 0 Å². The van der Waals surface area contributed by atoms with Gasteiger partial charge >= 0.3 is 0 Å². The van der Waals surface area contributed by atoms with Crippen molar-refractivity contribution < 1.29 is 4.21 Å². The minimum atomic E-state index is -0.664. The van der Waals surface area contributed by atoms with Gasteiger partial charge in [-0.2, -0.15) is 5.26 Å². The van der Waals surface area contributed by atoms with E-state index in [1.54, 1.807) is 6.07 Å². The van der Waals surface area contributed by atoms with Gasteiger partial charge in [0.25, 0.3) is 0 Å². The van der Waals surface area contributed by atoms with E-state index in [1.165, 1.54) is 6.20 Å². The fourth-order valence-corrected chi connectivity index (χ4v) is 3.09. The van der Waals surface area contributed by atoms with Crippen molar-refractivity contribution in [3.8, 4) is 6.07 Å². The summed E-state index contributed by atoms with van der Waals surface area (Å²) in [6.45, 7) is 0. The Bertz CT molecular complexity index is 473. The summed E-state index contributed by atoms with van der Waals surface area (Å²) in [4.78, 5) is 4.13. The second-order valence-corrected chi connectivity index (χ2v) is 5.74. The average Bonchev–Trinajstić information content (AvgIpc) is 2.34. The number of hydrogen-bond donors (Lipinski definition) is 2. The number of pyridine rings is 1. The highest BCUT2D eigenvalue weighted by atomic mass is 32.2. The van der Waals surface area contributed by atoms with Gasteiger partial charge in [-0.25, -0.2) is 4.98 Å². The zero-order valence-electron chi connectivity index (χ0n) is 9.35. The van der Waals surface area contributed by atoms with E-state index in [1.807, 2.05) is 6.07 Å². The molecule has 3 N–H and O–H groups in total. The van der Waals surface area contributed by atoms with Crippen LogP contribution in [0.5, 0.6) is 0 Å². The standard InChI is InChI=1S/C11H14N4OS/c12-6-8-5-10(13)11(14-7-8)15-9-1-3-17(16)4-2-9/h5,7,9H,1-4,13H2,(H,14,15). The number of nitrogens with one attached hydrogen (secondary N) is 1. The van der Waals surface area contributed by atoms with E-state index in [-0.39, 0.29) is 6.04 Å². The zero-order valence-corrected chi connectivity index (χ0v) is 10.2. The largest absolute Gasteiger partial charge is 0.396 e. The number of nitrogens with two attached hydrogens (primary N) is 1. The molecule has 1 saturated heterocycles. The number of nitrogen functional groups attached to an aromatic ring is 1. The van der Waals surface area contributed by atoms with Gasteiger partial charge in [-0.1, -0.05) is 0 Å². The predicted molar refractivity (Wildman–Crippen MR) is 67.9 cm³/mol. The number of hydrogen-bond acceptors (Lipinski definition) is 5. The van der Waals surface area contributed by atoms with Gasteiger partial charge in [0, 0.05) is 34.5 Å². The Morgan fingerprint density at radius 1 is 1.53 bits per heavy atom. The maximum absolute atomic E-state index is 11.2. The maximum atomic E-state index is 11.2. The molecular formula is C11H14N4OS. The lowest BCUT2D eigenvalue weighted by Gasteiger charge is -2.23. The summed E-state index contributed by atoms with van der Waals surface area (Å²) in [6, 6.07) is 3.87. The topological polar surface area (TPSA) is 91.8 Å². The highest BCUT2D eigenvalue weighted by Gasteiger charge is 2.18. The van der Waals surface area contributed by atoms with Crippen LogP contribution in [0.25, 0.3) is 0 Å². The van der Waals surface area contributed by atoms with E-state index >= 15 is 0 Å². The van der Waals surface area contributed by atoms with Crippen LogP contribution in [0.15, 0.2) is 12.3 Å². The fraction of sp³-hybridized carbons (Fsp3) is 0.455. The summed E-state index contributed by atoms with van der Waals surface area (Å²) in [7, 11) is -0.664. The zero-order chi connectivity index (χ0) is 12.3. The van der Waals surface area contributed by atoms with Crippen molar-refractivity contribution in [1.29, 1.82) is 5.26 Å². The Balaban J connectivity index is 2.04. The van der Waals surface area contributed by atoms with E-state index in [0.29, 0.717) is 17.1 Å². The molecule has 1 fully saturated rings. The lowest BCUT2D eigenvalue weighted by atomic mass is 10.1. The molecule has 0 aromatic carbocycles. The summed E-state index contributed by atoms with van der Waals surface area (Å²) < 4.78 is 11.2. The molecule has 0 saturated carbocycles.